The van der Waals surface area contributed by atoms with Gasteiger partial charge in [0.15, 0.2) is 0 Å². The van der Waals surface area contributed by atoms with Gasteiger partial charge in [-0.15, -0.1) is 10.2 Å². The number of morpholine rings is 1. The number of halogens is 1. The number of anilines is 1. The van der Waals surface area contributed by atoms with Gasteiger partial charge in [0.1, 0.15) is 0 Å². The lowest BCUT2D eigenvalue weighted by molar-refractivity contribution is -0.141. The van der Waals surface area contributed by atoms with Crippen molar-refractivity contribution in [3.8, 4) is 0 Å². The first-order chi connectivity index (χ1) is 15.0. The van der Waals surface area contributed by atoms with Crippen molar-refractivity contribution < 1.29 is 19.1 Å². The van der Waals surface area contributed by atoms with E-state index in [1.807, 2.05) is 4.90 Å². The van der Waals surface area contributed by atoms with Crippen LogP contribution in [0.25, 0.3) is 0 Å². The fraction of sp³-hybridized carbons (Fsp3) is 0.450. The number of hydrogen-bond donors (Lipinski definition) is 1. The van der Waals surface area contributed by atoms with Gasteiger partial charge in [0.05, 0.1) is 13.2 Å². The molecule has 0 unspecified atom stereocenters. The average molecular weight is 464 g/mol. The Morgan fingerprint density at radius 3 is 2.45 bits per heavy atom. The maximum atomic E-state index is 12.8. The van der Waals surface area contributed by atoms with E-state index in [1.54, 1.807) is 29.2 Å². The molecule has 9 nitrogen and oxygen atoms in total. The summed E-state index contributed by atoms with van der Waals surface area (Å²) in [5.41, 5.74) is 0.535. The van der Waals surface area contributed by atoms with Crippen molar-refractivity contribution >= 4 is 46.3 Å². The van der Waals surface area contributed by atoms with Crippen LogP contribution >= 0.6 is 22.9 Å². The van der Waals surface area contributed by atoms with Gasteiger partial charge in [-0.25, -0.2) is 0 Å². The third-order valence-electron chi connectivity index (χ3n) is 5.34. The summed E-state index contributed by atoms with van der Waals surface area (Å²) in [5.74, 6) is -0.646. The number of carbonyl (C=O) groups is 3. The maximum Gasteiger partial charge on any atom is 0.286 e. The molecule has 164 valence electrons. The predicted molar refractivity (Wildman–Crippen MR) is 115 cm³/mol. The molecular formula is C20H22ClN5O4S. The van der Waals surface area contributed by atoms with Crippen LogP contribution in [0.4, 0.5) is 5.69 Å². The smallest absolute Gasteiger partial charge is 0.286 e. The number of rotatable bonds is 4. The van der Waals surface area contributed by atoms with E-state index in [4.69, 9.17) is 16.3 Å². The van der Waals surface area contributed by atoms with Gasteiger partial charge in [-0.3, -0.25) is 14.4 Å². The minimum Gasteiger partial charge on any atom is -0.378 e. The zero-order valence-corrected chi connectivity index (χ0v) is 18.3. The second-order valence-electron chi connectivity index (χ2n) is 7.38. The summed E-state index contributed by atoms with van der Waals surface area (Å²) in [6.45, 7) is 3.36. The van der Waals surface area contributed by atoms with Crippen molar-refractivity contribution in [2.24, 2.45) is 5.92 Å². The number of nitrogens with one attached hydrogen (secondary N) is 1. The molecule has 3 amide bonds. The van der Waals surface area contributed by atoms with Gasteiger partial charge in [-0.2, -0.15) is 0 Å². The van der Waals surface area contributed by atoms with E-state index in [0.717, 1.165) is 11.3 Å². The highest BCUT2D eigenvalue weighted by Crippen LogP contribution is 2.23. The van der Waals surface area contributed by atoms with Crippen LogP contribution in [-0.4, -0.2) is 77.1 Å². The Kier molecular flexibility index (Phi) is 6.79. The van der Waals surface area contributed by atoms with Gasteiger partial charge >= 0.3 is 0 Å². The van der Waals surface area contributed by atoms with Crippen molar-refractivity contribution in [2.45, 2.75) is 12.8 Å². The fourth-order valence-corrected chi connectivity index (χ4v) is 4.56. The molecule has 2 aromatic rings. The molecule has 1 aromatic heterocycles. The van der Waals surface area contributed by atoms with Crippen LogP contribution in [-0.2, 0) is 9.53 Å². The zero-order chi connectivity index (χ0) is 21.8. The highest BCUT2D eigenvalue weighted by atomic mass is 35.5. The summed E-state index contributed by atoms with van der Waals surface area (Å²) in [6.07, 6.45) is 1.23. The molecule has 2 fully saturated rings. The first kappa shape index (κ1) is 21.7. The monoisotopic (exact) mass is 463 g/mol. The maximum absolute atomic E-state index is 12.8. The quantitative estimate of drug-likeness (QED) is 0.745. The lowest BCUT2D eigenvalue weighted by atomic mass is 9.95. The largest absolute Gasteiger partial charge is 0.378 e. The van der Waals surface area contributed by atoms with Crippen LogP contribution < -0.4 is 5.32 Å². The molecule has 31 heavy (non-hydrogen) atoms. The third kappa shape index (κ3) is 5.20. The van der Waals surface area contributed by atoms with Gasteiger partial charge in [-0.05, 0) is 31.0 Å². The third-order valence-corrected chi connectivity index (χ3v) is 6.48. The molecule has 0 aliphatic carbocycles. The number of nitrogens with zero attached hydrogens (tertiary/aromatic N) is 4. The molecule has 4 rings (SSSR count). The van der Waals surface area contributed by atoms with Crippen LogP contribution in [0, 0.1) is 5.92 Å². The van der Waals surface area contributed by atoms with Crippen LogP contribution in [0.5, 0.6) is 0 Å². The molecule has 0 atom stereocenters. The molecule has 2 aliphatic heterocycles. The first-order valence-electron chi connectivity index (χ1n) is 10.1. The summed E-state index contributed by atoms with van der Waals surface area (Å²) in [7, 11) is 0. The summed E-state index contributed by atoms with van der Waals surface area (Å²) < 4.78 is 5.30. The average Bonchev–Trinajstić information content (AvgIpc) is 3.29. The van der Waals surface area contributed by atoms with Gasteiger partial charge in [0.2, 0.25) is 15.9 Å². The van der Waals surface area contributed by atoms with E-state index in [0.29, 0.717) is 62.9 Å². The molecule has 0 bridgehead atoms. The van der Waals surface area contributed by atoms with Crippen LogP contribution in [0.3, 0.4) is 0 Å². The van der Waals surface area contributed by atoms with E-state index < -0.39 is 5.91 Å². The highest BCUT2D eigenvalue weighted by molar-refractivity contribution is 7.15. The predicted octanol–water partition coefficient (Wildman–Crippen LogP) is 2.15. The normalized spacial score (nSPS) is 17.5. The number of aromatic nitrogens is 2. The van der Waals surface area contributed by atoms with Gasteiger partial charge in [0, 0.05) is 42.8 Å². The zero-order valence-electron chi connectivity index (χ0n) is 16.8. The molecule has 0 spiro atoms. The Balaban J connectivity index is 1.32. The topological polar surface area (TPSA) is 105 Å². The first-order valence-corrected chi connectivity index (χ1v) is 11.3. The van der Waals surface area contributed by atoms with Crippen LogP contribution in [0.15, 0.2) is 24.3 Å². The Labute approximate surface area is 188 Å². The van der Waals surface area contributed by atoms with Crippen LogP contribution in [0.2, 0.25) is 5.02 Å². The molecule has 1 N–H and O–H groups in total. The Hall–Kier alpha value is -2.56. The van der Waals surface area contributed by atoms with Gasteiger partial charge < -0.3 is 19.9 Å². The van der Waals surface area contributed by atoms with E-state index in [1.165, 1.54) is 0 Å². The van der Waals surface area contributed by atoms with E-state index in [2.05, 4.69) is 15.5 Å². The molecule has 0 radical (unpaired) electrons. The van der Waals surface area contributed by atoms with Gasteiger partial charge in [-0.1, -0.05) is 29.0 Å². The van der Waals surface area contributed by atoms with Crippen LogP contribution in [0.1, 0.15) is 32.4 Å². The highest BCUT2D eigenvalue weighted by Gasteiger charge is 2.32. The van der Waals surface area contributed by atoms with Crippen molar-refractivity contribution in [3.63, 3.8) is 0 Å². The molecule has 2 saturated heterocycles. The number of amides is 3. The van der Waals surface area contributed by atoms with Crippen molar-refractivity contribution in [2.75, 3.05) is 44.7 Å². The number of ether oxygens (including phenoxy) is 1. The van der Waals surface area contributed by atoms with E-state index in [-0.39, 0.29) is 27.7 Å². The Morgan fingerprint density at radius 2 is 1.74 bits per heavy atom. The summed E-state index contributed by atoms with van der Waals surface area (Å²) >= 11 is 6.87. The minimum absolute atomic E-state index is 0.0735. The second kappa shape index (κ2) is 9.71. The molecule has 0 saturated carbocycles. The van der Waals surface area contributed by atoms with Crippen molar-refractivity contribution in [1.29, 1.82) is 0 Å². The Bertz CT molecular complexity index is 970. The summed E-state index contributed by atoms with van der Waals surface area (Å²) in [5, 5.41) is 11.2. The van der Waals surface area contributed by atoms with Crippen molar-refractivity contribution in [3.05, 3.63) is 39.3 Å². The number of piperidine rings is 1. The van der Waals surface area contributed by atoms with Crippen molar-refractivity contribution in [1.82, 2.24) is 20.0 Å². The SMILES string of the molecule is O=C(Nc1cccc(Cl)c1)c1nnc(C(=O)N2CCC(C(=O)N3CCOCC3)CC2)s1. The Morgan fingerprint density at radius 1 is 1.03 bits per heavy atom. The lowest BCUT2D eigenvalue weighted by Crippen LogP contribution is -2.47. The fourth-order valence-electron chi connectivity index (χ4n) is 3.66. The number of likely N-dealkylation sites (tertiary alicyclic amines) is 1. The molecule has 1 aromatic carbocycles. The lowest BCUT2D eigenvalue weighted by Gasteiger charge is -2.35. The molecular weight excluding hydrogens is 442 g/mol. The summed E-state index contributed by atoms with van der Waals surface area (Å²) in [4.78, 5) is 41.3. The number of carbonyl (C=O) groups excluding carboxylic acids is 3. The molecule has 11 heteroatoms. The van der Waals surface area contributed by atoms with E-state index in [9.17, 15) is 14.4 Å². The standard InChI is InChI=1S/C20H22ClN5O4S/c21-14-2-1-3-15(12-14)22-16(27)17-23-24-18(31-17)20(29)25-6-4-13(5-7-25)19(28)26-8-10-30-11-9-26/h1-3,12-13H,4-11H2,(H,22,27). The number of benzene rings is 1. The summed E-state index contributed by atoms with van der Waals surface area (Å²) in [6, 6.07) is 6.76. The van der Waals surface area contributed by atoms with E-state index >= 15 is 0 Å². The van der Waals surface area contributed by atoms with Gasteiger partial charge in [0.25, 0.3) is 11.8 Å². The minimum atomic E-state index is -0.450. The molecule has 3 heterocycles. The second-order valence-corrected chi connectivity index (χ2v) is 8.79. The number of hydrogen-bond acceptors (Lipinski definition) is 7. The molecule has 2 aliphatic rings.